The van der Waals surface area contributed by atoms with Gasteiger partial charge in [0.15, 0.2) is 0 Å². The largest absolute Gasteiger partial charge is 0.467 e. The van der Waals surface area contributed by atoms with Gasteiger partial charge in [-0.3, -0.25) is 9.59 Å². The van der Waals surface area contributed by atoms with Crippen molar-refractivity contribution in [1.82, 2.24) is 16.0 Å². The molecule has 1 aromatic carbocycles. The third kappa shape index (κ3) is 7.20. The fourth-order valence-electron chi connectivity index (χ4n) is 4.38. The second-order valence-corrected chi connectivity index (χ2v) is 9.83. The van der Waals surface area contributed by atoms with Crippen molar-refractivity contribution < 1.29 is 28.7 Å². The molecule has 1 saturated heterocycles. The zero-order valence-corrected chi connectivity index (χ0v) is 20.1. The van der Waals surface area contributed by atoms with E-state index in [1.165, 1.54) is 7.11 Å². The van der Waals surface area contributed by atoms with Gasteiger partial charge in [-0.25, -0.2) is 9.59 Å². The van der Waals surface area contributed by atoms with E-state index in [0.29, 0.717) is 19.4 Å². The van der Waals surface area contributed by atoms with Crippen LogP contribution in [-0.4, -0.2) is 49.6 Å². The lowest BCUT2D eigenvalue weighted by Gasteiger charge is -2.27. The number of amides is 3. The average Bonchev–Trinajstić information content (AvgIpc) is 3.43. The van der Waals surface area contributed by atoms with E-state index >= 15 is 0 Å². The summed E-state index contributed by atoms with van der Waals surface area (Å²) in [6.45, 7) is 4.91. The molecule has 2 fully saturated rings. The first-order chi connectivity index (χ1) is 16.2. The highest BCUT2D eigenvalue weighted by Crippen LogP contribution is 2.54. The minimum absolute atomic E-state index is 0.0809. The summed E-state index contributed by atoms with van der Waals surface area (Å²) in [6.07, 6.45) is 2.26. The highest BCUT2D eigenvalue weighted by Gasteiger charge is 2.47. The van der Waals surface area contributed by atoms with Gasteiger partial charge in [-0.05, 0) is 49.0 Å². The second-order valence-electron chi connectivity index (χ2n) is 9.83. The van der Waals surface area contributed by atoms with E-state index < -0.39 is 30.1 Å². The van der Waals surface area contributed by atoms with Gasteiger partial charge in [-0.2, -0.15) is 0 Å². The van der Waals surface area contributed by atoms with E-state index in [1.807, 2.05) is 30.3 Å². The molecule has 0 radical (unpaired) electrons. The molecule has 9 nitrogen and oxygen atoms in total. The number of benzene rings is 1. The number of carbonyl (C=O) groups excluding carboxylic acids is 4. The molecule has 34 heavy (non-hydrogen) atoms. The minimum Gasteiger partial charge on any atom is -0.467 e. The van der Waals surface area contributed by atoms with Crippen LogP contribution in [0, 0.1) is 17.3 Å². The van der Waals surface area contributed by atoms with Gasteiger partial charge in [-0.1, -0.05) is 44.2 Å². The Labute approximate surface area is 200 Å². The summed E-state index contributed by atoms with van der Waals surface area (Å²) in [6, 6.07) is 7.39. The van der Waals surface area contributed by atoms with E-state index in [0.717, 1.165) is 18.4 Å². The molecule has 2 aliphatic rings. The molecule has 0 spiro atoms. The highest BCUT2D eigenvalue weighted by molar-refractivity contribution is 5.90. The molecule has 3 amide bonds. The van der Waals surface area contributed by atoms with Gasteiger partial charge < -0.3 is 25.4 Å². The smallest absolute Gasteiger partial charge is 0.408 e. The number of carbonyl (C=O) groups is 4. The molecular weight excluding hydrogens is 438 g/mol. The Morgan fingerprint density at radius 3 is 2.44 bits per heavy atom. The zero-order valence-electron chi connectivity index (χ0n) is 20.1. The summed E-state index contributed by atoms with van der Waals surface area (Å²) in [4.78, 5) is 50.2. The van der Waals surface area contributed by atoms with Crippen molar-refractivity contribution in [3.8, 4) is 0 Å². The van der Waals surface area contributed by atoms with E-state index in [4.69, 9.17) is 9.47 Å². The fraction of sp³-hybridized carbons (Fsp3) is 0.600. The number of hydrogen-bond donors (Lipinski definition) is 3. The normalized spacial score (nSPS) is 22.5. The molecule has 4 atom stereocenters. The number of methoxy groups -OCH3 is 1. The van der Waals surface area contributed by atoms with E-state index in [9.17, 15) is 19.2 Å². The molecule has 186 valence electrons. The molecule has 1 aromatic rings. The van der Waals surface area contributed by atoms with Gasteiger partial charge >= 0.3 is 12.1 Å². The van der Waals surface area contributed by atoms with E-state index in [1.54, 1.807) is 0 Å². The Morgan fingerprint density at radius 1 is 1.12 bits per heavy atom. The first-order valence-corrected chi connectivity index (χ1v) is 11.8. The second kappa shape index (κ2) is 11.4. The van der Waals surface area contributed by atoms with Crippen molar-refractivity contribution >= 4 is 23.9 Å². The Hall–Kier alpha value is -3.10. The number of piperidine rings is 1. The lowest BCUT2D eigenvalue weighted by molar-refractivity contribution is -0.146. The first-order valence-electron chi connectivity index (χ1n) is 11.8. The third-order valence-corrected chi connectivity index (χ3v) is 6.78. The lowest BCUT2D eigenvalue weighted by atomic mass is 9.91. The molecule has 1 aliphatic heterocycles. The molecule has 1 aliphatic carbocycles. The minimum atomic E-state index is -0.983. The molecule has 3 unspecified atom stereocenters. The summed E-state index contributed by atoms with van der Waals surface area (Å²) in [5.41, 5.74) is 0.925. The van der Waals surface area contributed by atoms with Gasteiger partial charge in [0, 0.05) is 12.5 Å². The van der Waals surface area contributed by atoms with Crippen molar-refractivity contribution in [2.75, 3.05) is 13.7 Å². The van der Waals surface area contributed by atoms with Crippen LogP contribution in [0.4, 0.5) is 4.79 Å². The van der Waals surface area contributed by atoms with Crippen LogP contribution in [0.3, 0.4) is 0 Å². The molecule has 0 bridgehead atoms. The monoisotopic (exact) mass is 473 g/mol. The van der Waals surface area contributed by atoms with Crippen LogP contribution >= 0.6 is 0 Å². The van der Waals surface area contributed by atoms with Gasteiger partial charge in [0.1, 0.15) is 18.7 Å². The van der Waals surface area contributed by atoms with Crippen LogP contribution in [0.2, 0.25) is 0 Å². The zero-order chi connectivity index (χ0) is 24.7. The van der Waals surface area contributed by atoms with Crippen LogP contribution in [0.5, 0.6) is 0 Å². The molecule has 0 aromatic heterocycles. The van der Waals surface area contributed by atoms with Gasteiger partial charge in [0.05, 0.1) is 7.11 Å². The van der Waals surface area contributed by atoms with Crippen molar-refractivity contribution in [3.63, 3.8) is 0 Å². The Morgan fingerprint density at radius 2 is 1.82 bits per heavy atom. The number of esters is 1. The summed E-state index contributed by atoms with van der Waals surface area (Å²) in [5.74, 6) is -1.37. The van der Waals surface area contributed by atoms with Crippen LogP contribution in [0.15, 0.2) is 30.3 Å². The number of alkyl carbamates (subject to hydrolysis) is 1. The Kier molecular flexibility index (Phi) is 8.52. The highest BCUT2D eigenvalue weighted by atomic mass is 16.5. The van der Waals surface area contributed by atoms with Crippen LogP contribution in [0.1, 0.15) is 51.5 Å². The molecule has 3 rings (SSSR count). The van der Waals surface area contributed by atoms with Gasteiger partial charge in [-0.15, -0.1) is 0 Å². The molecule has 3 N–H and O–H groups in total. The molecule has 1 heterocycles. The lowest BCUT2D eigenvalue weighted by Crippen LogP contribution is -2.53. The standard InChI is InChI=1S/C25H35N3O6/c1-25(2)14-18(25)13-19(28-24(32)34-15-16-8-5-4-6-9-16)22(30)27-20(23(31)33-3)12-17-10-7-11-26-21(17)29/h4-6,8-9,17-20H,7,10-15H2,1-3H3,(H,26,29)(H,27,30)(H,28,32)/t17-,18?,19?,20?/m0/s1. The van der Waals surface area contributed by atoms with Crippen molar-refractivity contribution in [1.29, 1.82) is 0 Å². The summed E-state index contributed by atoms with van der Waals surface area (Å²) >= 11 is 0. The van der Waals surface area contributed by atoms with Crippen molar-refractivity contribution in [2.24, 2.45) is 17.3 Å². The van der Waals surface area contributed by atoms with Crippen LogP contribution in [-0.2, 0) is 30.5 Å². The fourth-order valence-corrected chi connectivity index (χ4v) is 4.38. The first kappa shape index (κ1) is 25.5. The maximum Gasteiger partial charge on any atom is 0.408 e. The maximum atomic E-state index is 13.2. The topological polar surface area (TPSA) is 123 Å². The summed E-state index contributed by atoms with van der Waals surface area (Å²) < 4.78 is 10.2. The Balaban J connectivity index is 1.64. The number of hydrogen-bond acceptors (Lipinski definition) is 6. The van der Waals surface area contributed by atoms with Crippen LogP contribution < -0.4 is 16.0 Å². The quantitative estimate of drug-likeness (QED) is 0.448. The summed E-state index contributed by atoms with van der Waals surface area (Å²) in [7, 11) is 1.24. The predicted octanol–water partition coefficient (Wildman–Crippen LogP) is 2.29. The van der Waals surface area contributed by atoms with Gasteiger partial charge in [0.2, 0.25) is 11.8 Å². The maximum absolute atomic E-state index is 13.2. The molecule has 1 saturated carbocycles. The molecular formula is C25H35N3O6. The SMILES string of the molecule is COC(=O)C(C[C@@H]1CCCNC1=O)NC(=O)C(CC1CC1(C)C)NC(=O)OCc1ccccc1. The molecule has 9 heteroatoms. The van der Waals surface area contributed by atoms with Crippen LogP contribution in [0.25, 0.3) is 0 Å². The van der Waals surface area contributed by atoms with Crippen molar-refractivity contribution in [3.05, 3.63) is 35.9 Å². The number of nitrogens with one attached hydrogen (secondary N) is 3. The van der Waals surface area contributed by atoms with Crippen molar-refractivity contribution in [2.45, 2.75) is 64.6 Å². The average molecular weight is 474 g/mol. The number of rotatable bonds is 10. The van der Waals surface area contributed by atoms with E-state index in [2.05, 4.69) is 29.8 Å². The third-order valence-electron chi connectivity index (χ3n) is 6.78. The van der Waals surface area contributed by atoms with E-state index in [-0.39, 0.29) is 36.2 Å². The predicted molar refractivity (Wildman–Crippen MR) is 124 cm³/mol. The Bertz CT molecular complexity index is 888. The summed E-state index contributed by atoms with van der Waals surface area (Å²) in [5, 5.41) is 8.17. The van der Waals surface area contributed by atoms with Gasteiger partial charge in [0.25, 0.3) is 0 Å². The number of ether oxygens (including phenoxy) is 2.